The van der Waals surface area contributed by atoms with Crippen molar-refractivity contribution < 1.29 is 5.11 Å². The van der Waals surface area contributed by atoms with Gasteiger partial charge in [0.05, 0.1) is 0 Å². The van der Waals surface area contributed by atoms with E-state index < -0.39 is 0 Å². The fourth-order valence-corrected chi connectivity index (χ4v) is 3.25. The van der Waals surface area contributed by atoms with Crippen LogP contribution in [-0.2, 0) is 5.41 Å². The number of nitrogens with one attached hydrogen (secondary N) is 1. The molecule has 118 valence electrons. The number of aliphatic hydroxyl groups excluding tert-OH is 1. The van der Waals surface area contributed by atoms with Crippen LogP contribution in [0.3, 0.4) is 0 Å². The van der Waals surface area contributed by atoms with Gasteiger partial charge in [-0.15, -0.1) is 0 Å². The Labute approximate surface area is 128 Å². The molecule has 1 saturated carbocycles. The quantitative estimate of drug-likeness (QED) is 0.781. The first-order chi connectivity index (χ1) is 9.95. The van der Waals surface area contributed by atoms with E-state index in [-0.39, 0.29) is 18.1 Å². The topological polar surface area (TPSA) is 58.3 Å². The molecule has 0 radical (unpaired) electrons. The number of hydrogen-bond donors (Lipinski definition) is 3. The smallest absolute Gasteiger partial charge is 0.0474 e. The summed E-state index contributed by atoms with van der Waals surface area (Å²) in [5, 5.41) is 13.1. The summed E-state index contributed by atoms with van der Waals surface area (Å²) in [5.74, 6) is 0.382. The second-order valence-electron chi connectivity index (χ2n) is 7.31. The molecule has 0 aliphatic heterocycles. The van der Waals surface area contributed by atoms with Crippen LogP contribution in [0.25, 0.3) is 0 Å². The standard InChI is InChI=1S/C18H30N2O/c1-18(2,3)15-9-7-13(8-10-15)17(11-19)20-16-6-4-5-14(16)12-21/h7-10,14,16-17,20-21H,4-6,11-12,19H2,1-3H3. The van der Waals surface area contributed by atoms with Crippen LogP contribution in [0, 0.1) is 5.92 Å². The van der Waals surface area contributed by atoms with Crippen LogP contribution in [0.15, 0.2) is 24.3 Å². The summed E-state index contributed by atoms with van der Waals surface area (Å²) in [5.41, 5.74) is 8.73. The van der Waals surface area contributed by atoms with Crippen molar-refractivity contribution >= 4 is 0 Å². The maximum Gasteiger partial charge on any atom is 0.0474 e. The third kappa shape index (κ3) is 4.06. The lowest BCUT2D eigenvalue weighted by Gasteiger charge is -2.27. The van der Waals surface area contributed by atoms with Gasteiger partial charge in [0.25, 0.3) is 0 Å². The summed E-state index contributed by atoms with van der Waals surface area (Å²) >= 11 is 0. The molecule has 1 aromatic carbocycles. The van der Waals surface area contributed by atoms with Crippen LogP contribution < -0.4 is 11.1 Å². The molecule has 0 aromatic heterocycles. The normalized spacial score (nSPS) is 24.2. The average Bonchev–Trinajstić information content (AvgIpc) is 2.91. The van der Waals surface area contributed by atoms with Crippen molar-refractivity contribution in [3.05, 3.63) is 35.4 Å². The van der Waals surface area contributed by atoms with Crippen molar-refractivity contribution in [2.24, 2.45) is 11.7 Å². The van der Waals surface area contributed by atoms with Crippen LogP contribution in [0.1, 0.15) is 57.2 Å². The third-order valence-electron chi connectivity index (χ3n) is 4.72. The molecular weight excluding hydrogens is 260 g/mol. The van der Waals surface area contributed by atoms with Gasteiger partial charge in [-0.3, -0.25) is 0 Å². The molecule has 3 atom stereocenters. The van der Waals surface area contributed by atoms with Gasteiger partial charge in [0.2, 0.25) is 0 Å². The first-order valence-electron chi connectivity index (χ1n) is 8.13. The van der Waals surface area contributed by atoms with E-state index in [1.165, 1.54) is 17.5 Å². The molecular formula is C18H30N2O. The molecule has 3 nitrogen and oxygen atoms in total. The summed E-state index contributed by atoms with van der Waals surface area (Å²) in [6.45, 7) is 7.54. The van der Waals surface area contributed by atoms with Crippen molar-refractivity contribution in [1.82, 2.24) is 5.32 Å². The Kier molecular flexibility index (Phi) is 5.42. The summed E-state index contributed by atoms with van der Waals surface area (Å²) in [4.78, 5) is 0. The Hall–Kier alpha value is -0.900. The van der Waals surface area contributed by atoms with E-state index in [9.17, 15) is 5.11 Å². The SMILES string of the molecule is CC(C)(C)c1ccc(C(CN)NC2CCCC2CO)cc1. The van der Waals surface area contributed by atoms with Crippen LogP contribution in [0.4, 0.5) is 0 Å². The van der Waals surface area contributed by atoms with Crippen LogP contribution in [-0.4, -0.2) is 24.3 Å². The second kappa shape index (κ2) is 6.91. The van der Waals surface area contributed by atoms with Crippen molar-refractivity contribution in [2.75, 3.05) is 13.2 Å². The predicted octanol–water partition coefficient (Wildman–Crippen LogP) is 2.73. The van der Waals surface area contributed by atoms with E-state index in [0.29, 0.717) is 18.5 Å². The van der Waals surface area contributed by atoms with Gasteiger partial charge in [0.1, 0.15) is 0 Å². The molecule has 21 heavy (non-hydrogen) atoms. The summed E-state index contributed by atoms with van der Waals surface area (Å²) in [6.07, 6.45) is 3.46. The van der Waals surface area contributed by atoms with Crippen LogP contribution in [0.2, 0.25) is 0 Å². The van der Waals surface area contributed by atoms with Crippen molar-refractivity contribution in [3.63, 3.8) is 0 Å². The first kappa shape index (κ1) is 16.5. The zero-order chi connectivity index (χ0) is 15.5. The molecule has 0 spiro atoms. The Morgan fingerprint density at radius 3 is 2.43 bits per heavy atom. The highest BCUT2D eigenvalue weighted by molar-refractivity contribution is 5.29. The Balaban J connectivity index is 2.07. The lowest BCUT2D eigenvalue weighted by Crippen LogP contribution is -2.39. The monoisotopic (exact) mass is 290 g/mol. The molecule has 1 aromatic rings. The minimum absolute atomic E-state index is 0.177. The molecule has 1 fully saturated rings. The number of rotatable bonds is 5. The third-order valence-corrected chi connectivity index (χ3v) is 4.72. The molecule has 0 amide bonds. The molecule has 1 aliphatic rings. The van der Waals surface area contributed by atoms with Crippen molar-refractivity contribution in [1.29, 1.82) is 0 Å². The number of aliphatic hydroxyl groups is 1. The summed E-state index contributed by atoms with van der Waals surface area (Å²) in [7, 11) is 0. The van der Waals surface area contributed by atoms with Gasteiger partial charge in [-0.2, -0.15) is 0 Å². The van der Waals surface area contributed by atoms with E-state index in [1.54, 1.807) is 0 Å². The molecule has 2 rings (SSSR count). The van der Waals surface area contributed by atoms with E-state index in [2.05, 4.69) is 50.4 Å². The molecule has 4 N–H and O–H groups in total. The maximum absolute atomic E-state index is 9.45. The lowest BCUT2D eigenvalue weighted by atomic mass is 9.86. The maximum atomic E-state index is 9.45. The van der Waals surface area contributed by atoms with Gasteiger partial charge in [-0.1, -0.05) is 51.5 Å². The largest absolute Gasteiger partial charge is 0.396 e. The van der Waals surface area contributed by atoms with Gasteiger partial charge in [-0.25, -0.2) is 0 Å². The zero-order valence-electron chi connectivity index (χ0n) is 13.6. The number of benzene rings is 1. The minimum Gasteiger partial charge on any atom is -0.396 e. The summed E-state index contributed by atoms with van der Waals surface area (Å²) in [6, 6.07) is 9.36. The zero-order valence-corrected chi connectivity index (χ0v) is 13.6. The Bertz CT molecular complexity index is 436. The predicted molar refractivity (Wildman–Crippen MR) is 88.3 cm³/mol. The van der Waals surface area contributed by atoms with E-state index in [0.717, 1.165) is 12.8 Å². The molecule has 3 unspecified atom stereocenters. The lowest BCUT2D eigenvalue weighted by molar-refractivity contribution is 0.200. The van der Waals surface area contributed by atoms with E-state index in [4.69, 9.17) is 5.73 Å². The number of nitrogens with two attached hydrogens (primary N) is 1. The fourth-order valence-electron chi connectivity index (χ4n) is 3.25. The van der Waals surface area contributed by atoms with Crippen molar-refractivity contribution in [2.45, 2.75) is 57.5 Å². The number of hydrogen-bond acceptors (Lipinski definition) is 3. The van der Waals surface area contributed by atoms with E-state index in [1.807, 2.05) is 0 Å². The molecule has 0 heterocycles. The van der Waals surface area contributed by atoms with Crippen LogP contribution in [0.5, 0.6) is 0 Å². The van der Waals surface area contributed by atoms with Gasteiger partial charge in [0.15, 0.2) is 0 Å². The van der Waals surface area contributed by atoms with E-state index >= 15 is 0 Å². The van der Waals surface area contributed by atoms with Gasteiger partial charge in [-0.05, 0) is 35.3 Å². The Morgan fingerprint density at radius 1 is 1.24 bits per heavy atom. The van der Waals surface area contributed by atoms with Gasteiger partial charge in [0, 0.05) is 25.2 Å². The van der Waals surface area contributed by atoms with Crippen LogP contribution >= 0.6 is 0 Å². The Morgan fingerprint density at radius 2 is 1.90 bits per heavy atom. The highest BCUT2D eigenvalue weighted by atomic mass is 16.3. The average molecular weight is 290 g/mol. The highest BCUT2D eigenvalue weighted by Crippen LogP contribution is 2.28. The minimum atomic E-state index is 0.177. The van der Waals surface area contributed by atoms with Gasteiger partial charge < -0.3 is 16.2 Å². The molecule has 1 aliphatic carbocycles. The highest BCUT2D eigenvalue weighted by Gasteiger charge is 2.28. The first-order valence-corrected chi connectivity index (χ1v) is 8.13. The second-order valence-corrected chi connectivity index (χ2v) is 7.31. The molecule has 0 bridgehead atoms. The fraction of sp³-hybridized carbons (Fsp3) is 0.667. The van der Waals surface area contributed by atoms with Crippen molar-refractivity contribution in [3.8, 4) is 0 Å². The van der Waals surface area contributed by atoms with Gasteiger partial charge >= 0.3 is 0 Å². The summed E-state index contributed by atoms with van der Waals surface area (Å²) < 4.78 is 0. The molecule has 3 heteroatoms. The molecule has 0 saturated heterocycles.